The molecule has 2 saturated heterocycles. The predicted octanol–water partition coefficient (Wildman–Crippen LogP) is 6.22. The molecule has 0 unspecified atom stereocenters. The van der Waals surface area contributed by atoms with Crippen LogP contribution in [0.1, 0.15) is 24.0 Å². The average molecular weight is 611 g/mol. The molecule has 15 heteroatoms. The van der Waals surface area contributed by atoms with E-state index in [0.29, 0.717) is 58.0 Å². The fraction of sp³-hybridized carbons (Fsp3) is 0.393. The molecule has 0 radical (unpaired) electrons. The van der Waals surface area contributed by atoms with Crippen molar-refractivity contribution in [3.05, 3.63) is 82.0 Å². The molecule has 2 aliphatic heterocycles. The second kappa shape index (κ2) is 12.1. The van der Waals surface area contributed by atoms with Gasteiger partial charge in [-0.25, -0.2) is 4.98 Å². The lowest BCUT2D eigenvalue weighted by molar-refractivity contribution is -0.388. The first-order valence-corrected chi connectivity index (χ1v) is 13.5. The lowest BCUT2D eigenvalue weighted by Gasteiger charge is -2.37. The Morgan fingerprint density at radius 3 is 2.02 bits per heavy atom. The average Bonchev–Trinajstić information content (AvgIpc) is 2.97. The first-order valence-electron chi connectivity index (χ1n) is 13.5. The summed E-state index contributed by atoms with van der Waals surface area (Å²) in [4.78, 5) is 24.4. The van der Waals surface area contributed by atoms with E-state index < -0.39 is 34.1 Å². The van der Waals surface area contributed by atoms with E-state index in [0.717, 1.165) is 35.6 Å². The van der Waals surface area contributed by atoms with Crippen LogP contribution in [0.15, 0.2) is 60.8 Å². The first-order chi connectivity index (χ1) is 20.4. The molecule has 2 aromatic carbocycles. The van der Waals surface area contributed by atoms with Gasteiger partial charge in [0, 0.05) is 80.7 Å². The van der Waals surface area contributed by atoms with Gasteiger partial charge in [0.15, 0.2) is 0 Å². The molecule has 3 heterocycles. The predicted molar refractivity (Wildman–Crippen MR) is 147 cm³/mol. The maximum absolute atomic E-state index is 13.3. The summed E-state index contributed by atoms with van der Waals surface area (Å²) in [6.07, 6.45) is -6.47. The van der Waals surface area contributed by atoms with Crippen LogP contribution < -0.4 is 20.0 Å². The van der Waals surface area contributed by atoms with Crippen molar-refractivity contribution in [2.75, 3.05) is 54.4 Å². The second-order valence-corrected chi connectivity index (χ2v) is 10.3. The van der Waals surface area contributed by atoms with Gasteiger partial charge >= 0.3 is 12.4 Å². The third kappa shape index (κ3) is 7.39. The number of aromatic nitrogens is 1. The van der Waals surface area contributed by atoms with E-state index in [1.807, 2.05) is 17.0 Å². The number of hydrogen-bond acceptors (Lipinski definition) is 8. The van der Waals surface area contributed by atoms with Gasteiger partial charge in [-0.2, -0.15) is 26.3 Å². The Balaban J connectivity index is 1.12. The van der Waals surface area contributed by atoms with E-state index in [1.54, 1.807) is 11.3 Å². The molecule has 1 N–H and O–H groups in total. The van der Waals surface area contributed by atoms with Crippen molar-refractivity contribution in [3.63, 3.8) is 0 Å². The van der Waals surface area contributed by atoms with Gasteiger partial charge in [-0.3, -0.25) is 10.1 Å². The van der Waals surface area contributed by atoms with Crippen LogP contribution in [0.4, 0.5) is 49.1 Å². The number of alkyl halides is 6. The van der Waals surface area contributed by atoms with Gasteiger partial charge in [0.05, 0.1) is 10.5 Å². The molecular formula is C28H28F6N6O3. The van der Waals surface area contributed by atoms with E-state index in [1.165, 1.54) is 18.2 Å². The highest BCUT2D eigenvalue weighted by Gasteiger charge is 2.38. The van der Waals surface area contributed by atoms with Crippen molar-refractivity contribution in [1.82, 2.24) is 10.0 Å². The zero-order chi connectivity index (χ0) is 30.8. The van der Waals surface area contributed by atoms with Crippen molar-refractivity contribution in [2.24, 2.45) is 0 Å². The van der Waals surface area contributed by atoms with E-state index in [9.17, 15) is 36.5 Å². The van der Waals surface area contributed by atoms with Gasteiger partial charge in [0.2, 0.25) is 5.88 Å². The number of nitro benzene ring substituents is 1. The molecule has 3 aromatic rings. The van der Waals surface area contributed by atoms with Crippen LogP contribution in [0.5, 0.6) is 5.88 Å². The van der Waals surface area contributed by atoms with Gasteiger partial charge in [0.1, 0.15) is 5.56 Å². The summed E-state index contributed by atoms with van der Waals surface area (Å²) in [5.41, 5.74) is -1.17. The number of anilines is 3. The van der Waals surface area contributed by atoms with Crippen LogP contribution in [-0.2, 0) is 12.4 Å². The van der Waals surface area contributed by atoms with Crippen molar-refractivity contribution >= 4 is 22.7 Å². The molecule has 43 heavy (non-hydrogen) atoms. The molecule has 0 bridgehead atoms. The van der Waals surface area contributed by atoms with Gasteiger partial charge in [-0.05, 0) is 55.3 Å². The molecule has 1 aromatic heterocycles. The lowest BCUT2D eigenvalue weighted by Crippen LogP contribution is -2.46. The molecule has 2 fully saturated rings. The molecule has 2 aliphatic rings. The fourth-order valence-electron chi connectivity index (χ4n) is 5.20. The van der Waals surface area contributed by atoms with Gasteiger partial charge in [-0.15, -0.1) is 5.06 Å². The zero-order valence-corrected chi connectivity index (χ0v) is 22.7. The summed E-state index contributed by atoms with van der Waals surface area (Å²) in [5, 5.41) is 15.8. The summed E-state index contributed by atoms with van der Waals surface area (Å²) in [5.74, 6) is 0.388. The Morgan fingerprint density at radius 1 is 0.814 bits per heavy atom. The molecule has 0 saturated carbocycles. The van der Waals surface area contributed by atoms with Crippen LogP contribution in [0, 0.1) is 10.1 Å². The maximum Gasteiger partial charge on any atom is 0.423 e. The minimum atomic E-state index is -4.85. The Kier molecular flexibility index (Phi) is 8.53. The molecule has 9 nitrogen and oxygen atoms in total. The third-order valence-electron chi connectivity index (χ3n) is 7.47. The number of nitrogens with zero attached hydrogens (tertiary/aromatic N) is 5. The Hall–Kier alpha value is -4.27. The Labute approximate surface area is 242 Å². The molecule has 0 atom stereocenters. The smallest absolute Gasteiger partial charge is 0.386 e. The summed E-state index contributed by atoms with van der Waals surface area (Å²) in [6, 6.07) is 11.6. The summed E-state index contributed by atoms with van der Waals surface area (Å²) in [7, 11) is 0. The van der Waals surface area contributed by atoms with Crippen LogP contribution in [0.2, 0.25) is 0 Å². The number of halogens is 6. The number of hydrogen-bond donors (Lipinski definition) is 1. The topological polar surface area (TPSA) is 87.0 Å². The largest absolute Gasteiger partial charge is 0.423 e. The molecular weight excluding hydrogens is 582 g/mol. The normalized spacial score (nSPS) is 17.2. The van der Waals surface area contributed by atoms with Crippen LogP contribution in [0.3, 0.4) is 0 Å². The maximum atomic E-state index is 13.3. The molecule has 5 rings (SSSR count). The second-order valence-electron chi connectivity index (χ2n) is 10.3. The van der Waals surface area contributed by atoms with Crippen LogP contribution >= 0.6 is 0 Å². The summed E-state index contributed by atoms with van der Waals surface area (Å²) < 4.78 is 78.5. The highest BCUT2D eigenvalue weighted by atomic mass is 19.4. The quantitative estimate of drug-likeness (QED) is 0.192. The molecule has 0 aliphatic carbocycles. The molecule has 0 amide bonds. The van der Waals surface area contributed by atoms with E-state index in [-0.39, 0.29) is 11.7 Å². The lowest BCUT2D eigenvalue weighted by atomic mass is 10.1. The summed E-state index contributed by atoms with van der Waals surface area (Å²) in [6.45, 7) is 3.52. The Bertz CT molecular complexity index is 1420. The highest BCUT2D eigenvalue weighted by molar-refractivity contribution is 5.56. The number of piperazine rings is 1. The standard InChI is InChI=1S/C28H28F6N6O3/c29-27(30,31)19-1-4-22(5-2-19)37-13-15-38(16-14-37)23-7-10-35-26(18-23)43-39-11-8-20(9-12-39)36-21-3-6-25(40(41)42)24(17-21)28(32,33)34/h1-7,10,17-18,20,36H,8-9,11-16H2. The summed E-state index contributed by atoms with van der Waals surface area (Å²) >= 11 is 0. The number of hydroxylamine groups is 2. The van der Waals surface area contributed by atoms with Crippen LogP contribution in [0.25, 0.3) is 0 Å². The fourth-order valence-corrected chi connectivity index (χ4v) is 5.20. The van der Waals surface area contributed by atoms with E-state index in [4.69, 9.17) is 4.84 Å². The number of nitro groups is 1. The molecule has 230 valence electrons. The third-order valence-corrected chi connectivity index (χ3v) is 7.47. The highest BCUT2D eigenvalue weighted by Crippen LogP contribution is 2.38. The number of pyridine rings is 1. The van der Waals surface area contributed by atoms with Crippen molar-refractivity contribution < 1.29 is 36.1 Å². The monoisotopic (exact) mass is 610 g/mol. The minimum Gasteiger partial charge on any atom is -0.386 e. The number of nitrogens with one attached hydrogen (secondary N) is 1. The zero-order valence-electron chi connectivity index (χ0n) is 22.7. The SMILES string of the molecule is O=[N+]([O-])c1ccc(NC2CCN(Oc3cc(N4CCN(c5ccc(C(F)(F)F)cc5)CC4)ccn3)CC2)cc1C(F)(F)F. The first kappa shape index (κ1) is 30.2. The van der Waals surface area contributed by atoms with Gasteiger partial charge in [-0.1, -0.05) is 0 Å². The molecule has 0 spiro atoms. The Morgan fingerprint density at radius 2 is 1.44 bits per heavy atom. The van der Waals surface area contributed by atoms with Crippen molar-refractivity contribution in [1.29, 1.82) is 0 Å². The number of piperidine rings is 1. The van der Waals surface area contributed by atoms with E-state index >= 15 is 0 Å². The van der Waals surface area contributed by atoms with Gasteiger partial charge < -0.3 is 20.0 Å². The van der Waals surface area contributed by atoms with Gasteiger partial charge in [0.25, 0.3) is 5.69 Å². The van der Waals surface area contributed by atoms with Crippen molar-refractivity contribution in [3.8, 4) is 5.88 Å². The van der Waals surface area contributed by atoms with Crippen LogP contribution in [-0.4, -0.2) is 60.3 Å². The number of rotatable bonds is 7. The van der Waals surface area contributed by atoms with Crippen molar-refractivity contribution in [2.45, 2.75) is 31.2 Å². The van der Waals surface area contributed by atoms with E-state index in [2.05, 4.69) is 15.2 Å². The minimum absolute atomic E-state index is 0.150. The number of benzene rings is 2.